The molecule has 3 aromatic rings. The van der Waals surface area contributed by atoms with Crippen molar-refractivity contribution >= 4 is 40.1 Å². The van der Waals surface area contributed by atoms with E-state index in [0.29, 0.717) is 23.0 Å². The number of thioether (sulfide) groups is 1. The monoisotopic (exact) mass is 425 g/mol. The lowest BCUT2D eigenvalue weighted by atomic mass is 10.1. The Morgan fingerprint density at radius 1 is 0.903 bits per heavy atom. The molecule has 2 aliphatic heterocycles. The third-order valence-corrected chi connectivity index (χ3v) is 6.19. The fourth-order valence-corrected chi connectivity index (χ4v) is 4.60. The molecule has 152 valence electrons. The van der Waals surface area contributed by atoms with Crippen LogP contribution in [0.3, 0.4) is 0 Å². The van der Waals surface area contributed by atoms with Gasteiger partial charge < -0.3 is 0 Å². The standard InChI is InChI=1S/C25H19N3O2S/c29-22(18-11-5-2-6-12-18)16-31-25-27-20-14-8-7-13-19(20)23-26-21(24(30)28(23)25)15-17-9-3-1-4-10-17/h1-14,21H,15-16H2/t21-/m0/s1. The maximum absolute atomic E-state index is 13.3. The van der Waals surface area contributed by atoms with Crippen LogP contribution >= 0.6 is 11.8 Å². The van der Waals surface area contributed by atoms with Crippen molar-refractivity contribution in [2.45, 2.75) is 12.5 Å². The zero-order valence-corrected chi connectivity index (χ0v) is 17.5. The molecule has 3 aromatic carbocycles. The van der Waals surface area contributed by atoms with E-state index in [9.17, 15) is 9.59 Å². The highest BCUT2D eigenvalue weighted by Gasteiger charge is 2.41. The Balaban J connectivity index is 1.43. The number of para-hydroxylation sites is 1. The molecule has 0 aromatic heterocycles. The number of amides is 1. The lowest BCUT2D eigenvalue weighted by Gasteiger charge is -2.25. The molecular formula is C25H19N3O2S. The molecule has 31 heavy (non-hydrogen) atoms. The Morgan fingerprint density at radius 3 is 2.35 bits per heavy atom. The summed E-state index contributed by atoms with van der Waals surface area (Å²) >= 11 is 1.28. The molecule has 1 atom stereocenters. The van der Waals surface area contributed by atoms with Crippen molar-refractivity contribution in [1.29, 1.82) is 0 Å². The van der Waals surface area contributed by atoms with Crippen molar-refractivity contribution in [3.63, 3.8) is 0 Å². The Labute approximate surface area is 184 Å². The molecule has 5 nitrogen and oxygen atoms in total. The molecule has 1 amide bonds. The second-order valence-corrected chi connectivity index (χ2v) is 8.26. The van der Waals surface area contributed by atoms with E-state index in [2.05, 4.69) is 0 Å². The highest BCUT2D eigenvalue weighted by Crippen LogP contribution is 2.34. The van der Waals surface area contributed by atoms with Gasteiger partial charge in [-0.3, -0.25) is 14.6 Å². The third-order valence-electron chi connectivity index (χ3n) is 5.25. The van der Waals surface area contributed by atoms with Gasteiger partial charge in [-0.1, -0.05) is 84.6 Å². The number of fused-ring (bicyclic) bond motifs is 3. The molecule has 0 bridgehead atoms. The second kappa shape index (κ2) is 8.32. The highest BCUT2D eigenvalue weighted by molar-refractivity contribution is 8.14. The number of carbonyl (C=O) groups excluding carboxylic acids is 2. The molecule has 2 aliphatic rings. The van der Waals surface area contributed by atoms with Gasteiger partial charge in [0.2, 0.25) is 0 Å². The lowest BCUT2D eigenvalue weighted by Crippen LogP contribution is -2.41. The van der Waals surface area contributed by atoms with Gasteiger partial charge in [0.25, 0.3) is 5.91 Å². The van der Waals surface area contributed by atoms with E-state index in [1.807, 2.05) is 72.8 Å². The van der Waals surface area contributed by atoms with Crippen molar-refractivity contribution in [2.75, 3.05) is 5.75 Å². The van der Waals surface area contributed by atoms with E-state index in [-0.39, 0.29) is 17.4 Å². The van der Waals surface area contributed by atoms with E-state index < -0.39 is 6.04 Å². The number of hydrogen-bond donors (Lipinski definition) is 0. The first-order valence-corrected chi connectivity index (χ1v) is 11.0. The van der Waals surface area contributed by atoms with Crippen LogP contribution in [-0.4, -0.2) is 39.4 Å². The van der Waals surface area contributed by atoms with Crippen LogP contribution in [0.15, 0.2) is 94.9 Å². The number of aliphatic imine (C=N–C) groups is 2. The van der Waals surface area contributed by atoms with Gasteiger partial charge in [0.05, 0.1) is 11.4 Å². The maximum Gasteiger partial charge on any atom is 0.259 e. The number of Topliss-reactive ketones (excluding diaryl/α,β-unsaturated/α-hetero) is 1. The summed E-state index contributed by atoms with van der Waals surface area (Å²) in [4.78, 5) is 37.0. The number of benzene rings is 3. The number of amidine groups is 2. The Hall–Kier alpha value is -3.51. The zero-order chi connectivity index (χ0) is 21.2. The number of carbonyl (C=O) groups is 2. The normalized spacial score (nSPS) is 17.0. The van der Waals surface area contributed by atoms with Gasteiger partial charge in [-0.2, -0.15) is 0 Å². The van der Waals surface area contributed by atoms with Crippen molar-refractivity contribution in [2.24, 2.45) is 9.98 Å². The predicted octanol–water partition coefficient (Wildman–Crippen LogP) is 4.50. The fourth-order valence-electron chi connectivity index (χ4n) is 3.71. The van der Waals surface area contributed by atoms with Crippen LogP contribution < -0.4 is 0 Å². The van der Waals surface area contributed by atoms with Gasteiger partial charge in [0.1, 0.15) is 11.9 Å². The summed E-state index contributed by atoms with van der Waals surface area (Å²) in [5.74, 6) is 0.710. The van der Waals surface area contributed by atoms with Crippen molar-refractivity contribution < 1.29 is 9.59 Å². The molecule has 0 fully saturated rings. The average molecular weight is 426 g/mol. The zero-order valence-electron chi connectivity index (χ0n) is 16.6. The van der Waals surface area contributed by atoms with Crippen molar-refractivity contribution in [3.05, 3.63) is 102 Å². The number of hydrogen-bond acceptors (Lipinski definition) is 5. The summed E-state index contributed by atoms with van der Waals surface area (Å²) in [6.07, 6.45) is 0.530. The van der Waals surface area contributed by atoms with Crippen LogP contribution in [-0.2, 0) is 11.2 Å². The predicted molar refractivity (Wildman–Crippen MR) is 124 cm³/mol. The summed E-state index contributed by atoms with van der Waals surface area (Å²) in [5, 5.41) is 0.502. The quantitative estimate of drug-likeness (QED) is 0.565. The first-order chi connectivity index (χ1) is 15.2. The molecule has 6 heteroatoms. The molecule has 0 saturated carbocycles. The summed E-state index contributed by atoms with van der Waals surface area (Å²) in [7, 11) is 0. The number of nitrogens with zero attached hydrogens (tertiary/aromatic N) is 3. The molecule has 0 saturated heterocycles. The van der Waals surface area contributed by atoms with Crippen LogP contribution in [0, 0.1) is 0 Å². The maximum atomic E-state index is 13.3. The van der Waals surface area contributed by atoms with E-state index in [1.54, 1.807) is 17.0 Å². The Bertz CT molecular complexity index is 1210. The van der Waals surface area contributed by atoms with Gasteiger partial charge in [-0.05, 0) is 17.7 Å². The molecule has 0 aliphatic carbocycles. The Kier molecular flexibility index (Phi) is 5.22. The summed E-state index contributed by atoms with van der Waals surface area (Å²) in [6, 6.07) is 26.2. The highest BCUT2D eigenvalue weighted by atomic mass is 32.2. The molecule has 0 N–H and O–H groups in total. The second-order valence-electron chi connectivity index (χ2n) is 7.32. The minimum Gasteiger partial charge on any atom is -0.293 e. The van der Waals surface area contributed by atoms with Gasteiger partial charge in [-0.15, -0.1) is 0 Å². The van der Waals surface area contributed by atoms with Crippen LogP contribution in [0.1, 0.15) is 21.5 Å². The van der Waals surface area contributed by atoms with Crippen LogP contribution in [0.5, 0.6) is 0 Å². The topological polar surface area (TPSA) is 62.1 Å². The lowest BCUT2D eigenvalue weighted by molar-refractivity contribution is -0.124. The minimum atomic E-state index is -0.501. The van der Waals surface area contributed by atoms with E-state index in [1.165, 1.54) is 11.8 Å². The van der Waals surface area contributed by atoms with E-state index in [0.717, 1.165) is 16.8 Å². The van der Waals surface area contributed by atoms with Gasteiger partial charge in [0, 0.05) is 17.5 Å². The SMILES string of the molecule is O=C(CSC1=Nc2ccccc2C2=N[C@@H](Cc3ccccc3)C(=O)N12)c1ccccc1. The fraction of sp³-hybridized carbons (Fsp3) is 0.120. The van der Waals surface area contributed by atoms with E-state index in [4.69, 9.17) is 9.98 Å². The van der Waals surface area contributed by atoms with E-state index >= 15 is 0 Å². The molecule has 5 rings (SSSR count). The molecule has 0 spiro atoms. The van der Waals surface area contributed by atoms with Gasteiger partial charge in [-0.25, -0.2) is 9.89 Å². The third kappa shape index (κ3) is 3.82. The van der Waals surface area contributed by atoms with Crippen molar-refractivity contribution in [1.82, 2.24) is 4.90 Å². The first-order valence-electron chi connectivity index (χ1n) is 10.1. The van der Waals surface area contributed by atoms with Gasteiger partial charge in [0.15, 0.2) is 11.0 Å². The molecular weight excluding hydrogens is 406 g/mol. The molecule has 0 radical (unpaired) electrons. The molecule has 2 heterocycles. The average Bonchev–Trinajstić information content (AvgIpc) is 3.15. The summed E-state index contributed by atoms with van der Waals surface area (Å²) in [5.41, 5.74) is 3.31. The summed E-state index contributed by atoms with van der Waals surface area (Å²) in [6.45, 7) is 0. The van der Waals surface area contributed by atoms with Crippen LogP contribution in [0.25, 0.3) is 0 Å². The number of rotatable bonds is 5. The minimum absolute atomic E-state index is 0.00173. The van der Waals surface area contributed by atoms with Crippen molar-refractivity contribution in [3.8, 4) is 0 Å². The number of ketones is 1. The Morgan fingerprint density at radius 2 is 1.58 bits per heavy atom. The largest absolute Gasteiger partial charge is 0.293 e. The van der Waals surface area contributed by atoms with Crippen LogP contribution in [0.2, 0.25) is 0 Å². The van der Waals surface area contributed by atoms with Gasteiger partial charge >= 0.3 is 0 Å². The summed E-state index contributed by atoms with van der Waals surface area (Å²) < 4.78 is 0. The molecule has 0 unspecified atom stereocenters. The van der Waals surface area contributed by atoms with Crippen LogP contribution in [0.4, 0.5) is 5.69 Å². The first kappa shape index (κ1) is 19.5. The smallest absolute Gasteiger partial charge is 0.259 e.